The Morgan fingerprint density at radius 2 is 2.17 bits per heavy atom. The average molecular weight is 261 g/mol. The first-order valence-corrected chi connectivity index (χ1v) is 7.33. The lowest BCUT2D eigenvalue weighted by molar-refractivity contribution is 0.184. The van der Waals surface area contributed by atoms with Crippen molar-refractivity contribution in [3.8, 4) is 0 Å². The highest BCUT2D eigenvalue weighted by Crippen LogP contribution is 2.58. The second-order valence-electron chi connectivity index (χ2n) is 6.38. The molecule has 2 fully saturated rings. The highest BCUT2D eigenvalue weighted by atomic mass is 32.1. The van der Waals surface area contributed by atoms with E-state index in [-0.39, 0.29) is 0 Å². The molecule has 0 N–H and O–H groups in total. The molecular formula is C16H23NS. The van der Waals surface area contributed by atoms with Gasteiger partial charge in [0.1, 0.15) is 0 Å². The number of isothiocyanates is 1. The molecule has 98 valence electrons. The summed E-state index contributed by atoms with van der Waals surface area (Å²) in [6.07, 6.45) is 6.35. The third kappa shape index (κ3) is 2.24. The minimum absolute atomic E-state index is 0.442. The number of nitrogens with zero attached hydrogens (tertiary/aromatic N) is 1. The molecule has 0 saturated heterocycles. The van der Waals surface area contributed by atoms with Gasteiger partial charge in [0.2, 0.25) is 0 Å². The molecule has 0 aromatic carbocycles. The van der Waals surface area contributed by atoms with E-state index in [0.29, 0.717) is 17.3 Å². The average Bonchev–Trinajstić information content (AvgIpc) is 2.64. The van der Waals surface area contributed by atoms with Crippen LogP contribution in [0.25, 0.3) is 0 Å². The van der Waals surface area contributed by atoms with E-state index in [1.54, 1.807) is 0 Å². The third-order valence-electron chi connectivity index (χ3n) is 4.89. The Bertz CT molecular complexity index is 438. The number of thiocarbonyl (C=S) groups is 1. The molecule has 2 heteroatoms. The Morgan fingerprint density at radius 3 is 2.78 bits per heavy atom. The van der Waals surface area contributed by atoms with E-state index < -0.39 is 0 Å². The van der Waals surface area contributed by atoms with E-state index >= 15 is 0 Å². The fourth-order valence-corrected chi connectivity index (χ4v) is 4.23. The van der Waals surface area contributed by atoms with Crippen molar-refractivity contribution in [2.24, 2.45) is 22.2 Å². The van der Waals surface area contributed by atoms with Gasteiger partial charge in [-0.3, -0.25) is 0 Å². The molecule has 0 heterocycles. The lowest BCUT2D eigenvalue weighted by Gasteiger charge is -2.40. The molecule has 1 nitrogen and oxygen atoms in total. The number of hydrogen-bond acceptors (Lipinski definition) is 2. The van der Waals surface area contributed by atoms with Crippen molar-refractivity contribution in [2.75, 3.05) is 0 Å². The van der Waals surface area contributed by atoms with Gasteiger partial charge in [0, 0.05) is 5.92 Å². The highest BCUT2D eigenvalue weighted by Gasteiger charge is 2.49. The minimum atomic E-state index is 0.442. The number of fused-ring (bicyclic) bond motifs is 1. The van der Waals surface area contributed by atoms with E-state index in [1.165, 1.54) is 48.9 Å². The molecule has 2 rings (SSSR count). The van der Waals surface area contributed by atoms with Crippen molar-refractivity contribution in [3.05, 3.63) is 23.4 Å². The molecule has 0 unspecified atom stereocenters. The predicted molar refractivity (Wildman–Crippen MR) is 80.7 cm³/mol. The van der Waals surface area contributed by atoms with Crippen LogP contribution in [0.2, 0.25) is 0 Å². The van der Waals surface area contributed by atoms with E-state index in [1.807, 2.05) is 0 Å². The van der Waals surface area contributed by atoms with Gasteiger partial charge in [0.15, 0.2) is 0 Å². The van der Waals surface area contributed by atoms with E-state index in [0.717, 1.165) is 0 Å². The van der Waals surface area contributed by atoms with Gasteiger partial charge in [-0.15, -0.1) is 0 Å². The summed E-state index contributed by atoms with van der Waals surface area (Å²) < 4.78 is 0. The van der Waals surface area contributed by atoms with Crippen molar-refractivity contribution < 1.29 is 0 Å². The van der Waals surface area contributed by atoms with Gasteiger partial charge in [0.25, 0.3) is 0 Å². The van der Waals surface area contributed by atoms with Crippen LogP contribution in [0.3, 0.4) is 0 Å². The lowest BCUT2D eigenvalue weighted by Crippen LogP contribution is -2.31. The Labute approximate surface area is 116 Å². The first-order chi connectivity index (χ1) is 8.49. The van der Waals surface area contributed by atoms with Crippen molar-refractivity contribution in [1.29, 1.82) is 0 Å². The zero-order valence-corrected chi connectivity index (χ0v) is 12.6. The Balaban J connectivity index is 2.38. The molecule has 3 atom stereocenters. The molecule has 0 radical (unpaired) electrons. The maximum absolute atomic E-state index is 4.81. The molecule has 18 heavy (non-hydrogen) atoms. The van der Waals surface area contributed by atoms with Crippen LogP contribution in [-0.2, 0) is 0 Å². The maximum Gasteiger partial charge on any atom is 0.0637 e. The van der Waals surface area contributed by atoms with Gasteiger partial charge >= 0.3 is 0 Å². The molecule has 0 amide bonds. The number of rotatable bonds is 2. The van der Waals surface area contributed by atoms with Crippen molar-refractivity contribution >= 4 is 17.4 Å². The fraction of sp³-hybridized carbons (Fsp3) is 0.688. The second kappa shape index (κ2) is 5.11. The highest BCUT2D eigenvalue weighted by molar-refractivity contribution is 7.78. The Hall–Kier alpha value is -0.720. The molecule has 2 saturated carbocycles. The van der Waals surface area contributed by atoms with Crippen LogP contribution >= 0.6 is 12.2 Å². The van der Waals surface area contributed by atoms with Crippen LogP contribution in [0.4, 0.5) is 0 Å². The maximum atomic E-state index is 4.81. The van der Waals surface area contributed by atoms with E-state index in [9.17, 15) is 0 Å². The van der Waals surface area contributed by atoms with Crippen molar-refractivity contribution in [2.45, 2.75) is 52.9 Å². The van der Waals surface area contributed by atoms with Crippen molar-refractivity contribution in [3.63, 3.8) is 0 Å². The van der Waals surface area contributed by atoms with Crippen LogP contribution in [0.1, 0.15) is 52.9 Å². The summed E-state index contributed by atoms with van der Waals surface area (Å²) in [5.41, 5.74) is 4.32. The normalized spacial score (nSPS) is 34.7. The van der Waals surface area contributed by atoms with Crippen LogP contribution in [0.15, 0.2) is 28.4 Å². The van der Waals surface area contributed by atoms with Crippen LogP contribution in [0, 0.1) is 17.3 Å². The predicted octanol–water partition coefficient (Wildman–Crippen LogP) is 5.16. The molecule has 0 spiro atoms. The standard InChI is InChI=1S/C16H23NS/c1-11(2)15(17-10-18)13-7-9-16(4)8-5-6-12(3)14(13)16/h13-14H,3,5-9H2,1-2,4H3/t13-,14+,16-/m1/s1. The van der Waals surface area contributed by atoms with Crippen LogP contribution < -0.4 is 0 Å². The smallest absolute Gasteiger partial charge is 0.0637 e. The minimum Gasteiger partial charge on any atom is -0.199 e. The second-order valence-corrected chi connectivity index (χ2v) is 6.56. The summed E-state index contributed by atoms with van der Waals surface area (Å²) in [5.74, 6) is 1.12. The Morgan fingerprint density at radius 1 is 1.44 bits per heavy atom. The quantitative estimate of drug-likeness (QED) is 0.380. The van der Waals surface area contributed by atoms with Gasteiger partial charge in [-0.2, -0.15) is 4.99 Å². The molecule has 0 bridgehead atoms. The van der Waals surface area contributed by atoms with Gasteiger partial charge in [-0.05, 0) is 69.5 Å². The summed E-state index contributed by atoms with van der Waals surface area (Å²) in [6.45, 7) is 11.0. The summed E-state index contributed by atoms with van der Waals surface area (Å²) in [4.78, 5) is 4.37. The topological polar surface area (TPSA) is 12.4 Å². The van der Waals surface area contributed by atoms with E-state index in [4.69, 9.17) is 12.2 Å². The van der Waals surface area contributed by atoms with Gasteiger partial charge in [-0.25, -0.2) is 0 Å². The molecule has 2 aliphatic rings. The van der Waals surface area contributed by atoms with E-state index in [2.05, 4.69) is 37.5 Å². The Kier molecular flexibility index (Phi) is 3.89. The summed E-state index contributed by atoms with van der Waals surface area (Å²) in [5, 5.41) is 2.57. The zero-order valence-electron chi connectivity index (χ0n) is 11.8. The third-order valence-corrected chi connectivity index (χ3v) is 4.99. The SMILES string of the molecule is C=C1CCC[C@]2(C)CC[C@@H](C(N=C=S)=C(C)C)[C@H]12. The van der Waals surface area contributed by atoms with Crippen molar-refractivity contribution in [1.82, 2.24) is 0 Å². The molecule has 0 aromatic rings. The lowest BCUT2D eigenvalue weighted by atomic mass is 9.65. The largest absolute Gasteiger partial charge is 0.199 e. The summed E-state index contributed by atoms with van der Waals surface area (Å²) in [7, 11) is 0. The van der Waals surface area contributed by atoms with Gasteiger partial charge < -0.3 is 0 Å². The number of hydrogen-bond donors (Lipinski definition) is 0. The van der Waals surface area contributed by atoms with Gasteiger partial charge in [-0.1, -0.05) is 24.6 Å². The molecular weight excluding hydrogens is 238 g/mol. The number of aliphatic imine (C=N–C) groups is 1. The number of allylic oxidation sites excluding steroid dienone is 3. The monoisotopic (exact) mass is 261 g/mol. The van der Waals surface area contributed by atoms with Crippen LogP contribution in [0.5, 0.6) is 0 Å². The zero-order chi connectivity index (χ0) is 13.3. The molecule has 0 aromatic heterocycles. The fourth-order valence-electron chi connectivity index (χ4n) is 4.13. The summed E-state index contributed by atoms with van der Waals surface area (Å²) in [6, 6.07) is 0. The van der Waals surface area contributed by atoms with Crippen LogP contribution in [-0.4, -0.2) is 5.16 Å². The first-order valence-electron chi connectivity index (χ1n) is 6.92. The molecule has 0 aliphatic heterocycles. The molecule has 2 aliphatic carbocycles. The summed E-state index contributed by atoms with van der Waals surface area (Å²) >= 11 is 4.81. The van der Waals surface area contributed by atoms with Gasteiger partial charge in [0.05, 0.1) is 10.9 Å². The first kappa shape index (κ1) is 13.7.